The number of rotatable bonds is 6. The van der Waals surface area contributed by atoms with Crippen molar-refractivity contribution >= 4 is 0 Å². The van der Waals surface area contributed by atoms with E-state index in [1.165, 1.54) is 44.6 Å². The summed E-state index contributed by atoms with van der Waals surface area (Å²) in [7, 11) is 0. The third-order valence-electron chi connectivity index (χ3n) is 4.43. The van der Waals surface area contributed by atoms with Gasteiger partial charge in [0.2, 0.25) is 0 Å². The molecule has 1 N–H and O–H groups in total. The summed E-state index contributed by atoms with van der Waals surface area (Å²) in [5, 5.41) is 3.65. The van der Waals surface area contributed by atoms with Crippen LogP contribution in [0.2, 0.25) is 0 Å². The van der Waals surface area contributed by atoms with Gasteiger partial charge in [0.1, 0.15) is 5.82 Å². The van der Waals surface area contributed by atoms with Gasteiger partial charge in [-0.1, -0.05) is 44.2 Å². The molecule has 1 aliphatic carbocycles. The molecule has 0 heterocycles. The van der Waals surface area contributed by atoms with Crippen LogP contribution in [0.4, 0.5) is 4.39 Å². The second-order valence-corrected chi connectivity index (χ2v) is 6.90. The molecule has 0 aromatic heterocycles. The van der Waals surface area contributed by atoms with Crippen molar-refractivity contribution in [3.63, 3.8) is 0 Å². The van der Waals surface area contributed by atoms with Crippen molar-refractivity contribution in [1.82, 2.24) is 5.32 Å². The van der Waals surface area contributed by atoms with E-state index in [9.17, 15) is 4.39 Å². The first kappa shape index (κ1) is 15.5. The molecule has 1 aromatic carbocycles. The molecular formula is C18H28FN. The molecule has 0 saturated heterocycles. The number of hydrogen-bond donors (Lipinski definition) is 1. The third-order valence-corrected chi connectivity index (χ3v) is 4.43. The van der Waals surface area contributed by atoms with E-state index >= 15 is 0 Å². The van der Waals surface area contributed by atoms with Crippen molar-refractivity contribution in [3.8, 4) is 0 Å². The van der Waals surface area contributed by atoms with Gasteiger partial charge in [-0.25, -0.2) is 4.39 Å². The summed E-state index contributed by atoms with van der Waals surface area (Å²) in [5.74, 6) is 0.754. The molecule has 0 unspecified atom stereocenters. The lowest BCUT2D eigenvalue weighted by Crippen LogP contribution is -2.42. The van der Waals surface area contributed by atoms with E-state index in [4.69, 9.17) is 0 Å². The molecule has 1 nitrogen and oxygen atoms in total. The summed E-state index contributed by atoms with van der Waals surface area (Å²) >= 11 is 0. The van der Waals surface area contributed by atoms with Crippen LogP contribution in [0.5, 0.6) is 0 Å². The Labute approximate surface area is 123 Å². The average molecular weight is 277 g/mol. The smallest absolute Gasteiger partial charge is 0.123 e. The Balaban J connectivity index is 1.74. The Morgan fingerprint density at radius 2 is 1.95 bits per heavy atom. The number of nitrogens with one attached hydrogen (secondary N) is 1. The fourth-order valence-corrected chi connectivity index (χ4v) is 3.42. The van der Waals surface area contributed by atoms with Gasteiger partial charge in [0.05, 0.1) is 0 Å². The summed E-state index contributed by atoms with van der Waals surface area (Å²) in [6, 6.07) is 6.93. The lowest BCUT2D eigenvalue weighted by molar-refractivity contribution is 0.248. The summed E-state index contributed by atoms with van der Waals surface area (Å²) in [6.45, 7) is 5.52. The Morgan fingerprint density at radius 3 is 2.65 bits per heavy atom. The largest absolute Gasteiger partial charge is 0.311 e. The van der Waals surface area contributed by atoms with Gasteiger partial charge in [-0.2, -0.15) is 0 Å². The molecule has 2 heteroatoms. The number of halogens is 1. The lowest BCUT2D eigenvalue weighted by atomic mass is 9.81. The van der Waals surface area contributed by atoms with Crippen LogP contribution in [0.25, 0.3) is 0 Å². The van der Waals surface area contributed by atoms with Gasteiger partial charge in [-0.05, 0) is 56.8 Å². The maximum atomic E-state index is 13.1. The van der Waals surface area contributed by atoms with E-state index in [1.807, 2.05) is 6.07 Å². The maximum absolute atomic E-state index is 13.1. The summed E-state index contributed by atoms with van der Waals surface area (Å²) in [4.78, 5) is 0. The zero-order valence-corrected chi connectivity index (χ0v) is 12.9. The van der Waals surface area contributed by atoms with Gasteiger partial charge in [0, 0.05) is 5.54 Å². The first-order chi connectivity index (χ1) is 9.55. The fraction of sp³-hybridized carbons (Fsp3) is 0.667. The van der Waals surface area contributed by atoms with E-state index in [0.29, 0.717) is 0 Å². The van der Waals surface area contributed by atoms with Crippen LogP contribution in [0.3, 0.4) is 0 Å². The van der Waals surface area contributed by atoms with Gasteiger partial charge >= 0.3 is 0 Å². The second kappa shape index (κ2) is 7.21. The third kappa shape index (κ3) is 5.24. The van der Waals surface area contributed by atoms with Crippen molar-refractivity contribution in [1.29, 1.82) is 0 Å². The molecule has 20 heavy (non-hydrogen) atoms. The second-order valence-electron chi connectivity index (χ2n) is 6.90. The highest BCUT2D eigenvalue weighted by molar-refractivity contribution is 5.16. The van der Waals surface area contributed by atoms with Crippen LogP contribution in [-0.2, 0) is 6.42 Å². The molecular weight excluding hydrogens is 249 g/mol. The molecule has 1 aromatic rings. The van der Waals surface area contributed by atoms with E-state index in [-0.39, 0.29) is 11.4 Å². The molecule has 1 saturated carbocycles. The van der Waals surface area contributed by atoms with Gasteiger partial charge in [0.15, 0.2) is 0 Å². The molecule has 1 fully saturated rings. The van der Waals surface area contributed by atoms with Crippen LogP contribution in [0, 0.1) is 11.7 Å². The van der Waals surface area contributed by atoms with Gasteiger partial charge in [-0.3, -0.25) is 0 Å². The zero-order chi connectivity index (χ0) is 14.4. The Morgan fingerprint density at radius 1 is 1.20 bits per heavy atom. The Bertz CT molecular complexity index is 408. The average Bonchev–Trinajstić information content (AvgIpc) is 2.39. The van der Waals surface area contributed by atoms with E-state index in [2.05, 4.69) is 19.2 Å². The minimum absolute atomic E-state index is 0.135. The predicted octanol–water partition coefficient (Wildman–Crippen LogP) is 4.71. The zero-order valence-electron chi connectivity index (χ0n) is 12.9. The molecule has 0 bridgehead atoms. The molecule has 0 atom stereocenters. The van der Waals surface area contributed by atoms with E-state index < -0.39 is 0 Å². The van der Waals surface area contributed by atoms with Crippen LogP contribution in [0.15, 0.2) is 24.3 Å². The van der Waals surface area contributed by atoms with E-state index in [1.54, 1.807) is 12.1 Å². The van der Waals surface area contributed by atoms with Crippen LogP contribution in [0.1, 0.15) is 57.9 Å². The topological polar surface area (TPSA) is 12.0 Å². The lowest BCUT2D eigenvalue weighted by Gasteiger charge is -2.33. The van der Waals surface area contributed by atoms with Crippen LogP contribution in [-0.4, -0.2) is 12.1 Å². The molecule has 0 radical (unpaired) electrons. The van der Waals surface area contributed by atoms with Crippen molar-refractivity contribution < 1.29 is 4.39 Å². The van der Waals surface area contributed by atoms with Gasteiger partial charge in [-0.15, -0.1) is 0 Å². The SMILES string of the molecule is CC(C)(CC1CCCCC1)NCCc1cccc(F)c1. The Kier molecular flexibility index (Phi) is 5.59. The standard InChI is InChI=1S/C18H28FN/c1-18(2,14-16-7-4-3-5-8-16)20-12-11-15-9-6-10-17(19)13-15/h6,9-10,13,16,20H,3-5,7-8,11-12,14H2,1-2H3. The van der Waals surface area contributed by atoms with Crippen LogP contribution < -0.4 is 5.32 Å². The maximum Gasteiger partial charge on any atom is 0.123 e. The highest BCUT2D eigenvalue weighted by atomic mass is 19.1. The molecule has 0 aliphatic heterocycles. The molecule has 2 rings (SSSR count). The van der Waals surface area contributed by atoms with Crippen molar-refractivity contribution in [2.24, 2.45) is 5.92 Å². The van der Waals surface area contributed by atoms with E-state index in [0.717, 1.165) is 24.4 Å². The first-order valence-electron chi connectivity index (χ1n) is 8.05. The van der Waals surface area contributed by atoms with Crippen molar-refractivity contribution in [2.75, 3.05) is 6.54 Å². The molecule has 0 spiro atoms. The summed E-state index contributed by atoms with van der Waals surface area (Å²) < 4.78 is 13.1. The molecule has 112 valence electrons. The Hall–Kier alpha value is -0.890. The predicted molar refractivity (Wildman–Crippen MR) is 83.4 cm³/mol. The van der Waals surface area contributed by atoms with Gasteiger partial charge < -0.3 is 5.32 Å². The number of benzene rings is 1. The minimum atomic E-state index is -0.135. The molecule has 1 aliphatic rings. The monoisotopic (exact) mass is 277 g/mol. The summed E-state index contributed by atoms with van der Waals surface area (Å²) in [5.41, 5.74) is 1.26. The van der Waals surface area contributed by atoms with Crippen LogP contribution >= 0.6 is 0 Å². The van der Waals surface area contributed by atoms with Crippen molar-refractivity contribution in [2.45, 2.75) is 64.3 Å². The molecule has 0 amide bonds. The highest BCUT2D eigenvalue weighted by Crippen LogP contribution is 2.30. The first-order valence-corrected chi connectivity index (χ1v) is 8.05. The summed E-state index contributed by atoms with van der Waals surface area (Å²) in [6.07, 6.45) is 9.18. The number of hydrogen-bond acceptors (Lipinski definition) is 1. The fourth-order valence-electron chi connectivity index (χ4n) is 3.42. The van der Waals surface area contributed by atoms with Crippen molar-refractivity contribution in [3.05, 3.63) is 35.6 Å². The van der Waals surface area contributed by atoms with Gasteiger partial charge in [0.25, 0.3) is 0 Å². The normalized spacial score (nSPS) is 17.4. The minimum Gasteiger partial charge on any atom is -0.311 e. The highest BCUT2D eigenvalue weighted by Gasteiger charge is 2.23. The quantitative estimate of drug-likeness (QED) is 0.794.